The number of halogens is 1. The second-order valence-electron chi connectivity index (χ2n) is 9.17. The highest BCUT2D eigenvalue weighted by Gasteiger charge is 2.21. The van der Waals surface area contributed by atoms with Crippen LogP contribution in [0.1, 0.15) is 10.4 Å². The number of nitrogens with zero attached hydrogens (tertiary/aromatic N) is 3. The van der Waals surface area contributed by atoms with Crippen LogP contribution < -0.4 is 10.1 Å². The summed E-state index contributed by atoms with van der Waals surface area (Å²) in [5, 5.41) is 9.13. The van der Waals surface area contributed by atoms with E-state index >= 15 is 0 Å². The Bertz CT molecular complexity index is 1770. The summed E-state index contributed by atoms with van der Waals surface area (Å²) in [6, 6.07) is 35.3. The lowest BCUT2D eigenvalue weighted by molar-refractivity contribution is 0.0947. The van der Waals surface area contributed by atoms with Gasteiger partial charge in [-0.25, -0.2) is 4.68 Å². The number of hydrogen-bond donors (Lipinski definition) is 1. The van der Waals surface area contributed by atoms with Crippen LogP contribution in [0.25, 0.3) is 39.0 Å². The predicted octanol–water partition coefficient (Wildman–Crippen LogP) is 7.22. The number of carbonyl (C=O) groups excluding carboxylic acids is 1. The minimum atomic E-state index is -0.230. The van der Waals surface area contributed by atoms with Crippen LogP contribution in [-0.4, -0.2) is 33.8 Å². The second-order valence-corrected chi connectivity index (χ2v) is 9.61. The second kappa shape index (κ2) is 11.4. The van der Waals surface area contributed by atoms with Crippen LogP contribution in [0.15, 0.2) is 122 Å². The van der Waals surface area contributed by atoms with Crippen molar-refractivity contribution in [3.63, 3.8) is 0 Å². The third-order valence-corrected chi connectivity index (χ3v) is 6.82. The van der Waals surface area contributed by atoms with Crippen molar-refractivity contribution in [3.05, 3.63) is 132 Å². The minimum Gasteiger partial charge on any atom is -0.492 e. The van der Waals surface area contributed by atoms with Gasteiger partial charge in [0.25, 0.3) is 5.91 Å². The maximum Gasteiger partial charge on any atom is 0.255 e. The van der Waals surface area contributed by atoms with Crippen molar-refractivity contribution < 1.29 is 9.53 Å². The van der Waals surface area contributed by atoms with Gasteiger partial charge in [-0.05, 0) is 47.5 Å². The molecule has 0 aliphatic rings. The first-order valence-electron chi connectivity index (χ1n) is 12.9. The molecule has 0 saturated carbocycles. The fourth-order valence-corrected chi connectivity index (χ4v) is 4.83. The van der Waals surface area contributed by atoms with Crippen LogP contribution in [0.3, 0.4) is 0 Å². The van der Waals surface area contributed by atoms with Crippen molar-refractivity contribution in [3.8, 4) is 33.8 Å². The molecule has 4 aromatic carbocycles. The average Bonchev–Trinajstić information content (AvgIpc) is 3.45. The molecule has 1 amide bonds. The van der Waals surface area contributed by atoms with E-state index in [-0.39, 0.29) is 5.91 Å². The maximum absolute atomic E-state index is 13.4. The highest BCUT2D eigenvalue weighted by molar-refractivity contribution is 6.31. The topological polar surface area (TPSA) is 69.0 Å². The highest BCUT2D eigenvalue weighted by Crippen LogP contribution is 2.32. The fraction of sp³-hybridized carbons (Fsp3) is 0.0606. The Kier molecular flexibility index (Phi) is 7.24. The standard InChI is InChI=1S/C33H25ClN4O2/c34-26-15-16-28-30(21-26)35-18-17-31(28)38-32(25-13-11-24(12-14-25)23-7-3-1-4-8-23)29(22-37-38)33(39)36-19-20-40-27-9-5-2-6-10-27/h1-18,21-22H,19-20H2,(H,36,39). The zero-order valence-corrected chi connectivity index (χ0v) is 22.3. The van der Waals surface area contributed by atoms with E-state index in [1.807, 2.05) is 84.9 Å². The molecule has 0 bridgehead atoms. The number of hydrogen-bond acceptors (Lipinski definition) is 4. The largest absolute Gasteiger partial charge is 0.492 e. The number of fused-ring (bicyclic) bond motifs is 1. The van der Waals surface area contributed by atoms with E-state index < -0.39 is 0 Å². The number of aromatic nitrogens is 3. The quantitative estimate of drug-likeness (QED) is 0.205. The molecule has 7 heteroatoms. The van der Waals surface area contributed by atoms with E-state index in [0.717, 1.165) is 39.0 Å². The molecular formula is C33H25ClN4O2. The Morgan fingerprint density at radius 1 is 0.825 bits per heavy atom. The molecule has 2 aromatic heterocycles. The third kappa shape index (κ3) is 5.30. The maximum atomic E-state index is 13.4. The molecule has 2 heterocycles. The summed E-state index contributed by atoms with van der Waals surface area (Å²) in [7, 11) is 0. The predicted molar refractivity (Wildman–Crippen MR) is 159 cm³/mol. The average molecular weight is 545 g/mol. The van der Waals surface area contributed by atoms with Gasteiger partial charge in [0, 0.05) is 22.2 Å². The Balaban J connectivity index is 1.36. The van der Waals surface area contributed by atoms with E-state index in [0.29, 0.717) is 29.4 Å². The van der Waals surface area contributed by atoms with Crippen LogP contribution >= 0.6 is 11.6 Å². The molecule has 0 atom stereocenters. The van der Waals surface area contributed by atoms with Gasteiger partial charge in [-0.2, -0.15) is 5.10 Å². The van der Waals surface area contributed by atoms with Crippen molar-refractivity contribution in [1.82, 2.24) is 20.1 Å². The van der Waals surface area contributed by atoms with Crippen molar-refractivity contribution in [2.45, 2.75) is 0 Å². The van der Waals surface area contributed by atoms with Gasteiger partial charge in [-0.1, -0.05) is 84.4 Å². The normalized spacial score (nSPS) is 10.9. The fourth-order valence-electron chi connectivity index (χ4n) is 4.66. The van der Waals surface area contributed by atoms with Crippen molar-refractivity contribution in [2.24, 2.45) is 0 Å². The molecule has 0 aliphatic carbocycles. The molecular weight excluding hydrogens is 520 g/mol. The Hall–Kier alpha value is -4.94. The molecule has 6 nitrogen and oxygen atoms in total. The summed E-state index contributed by atoms with van der Waals surface area (Å²) in [5.41, 5.74) is 5.76. The molecule has 0 saturated heterocycles. The molecule has 0 fully saturated rings. The summed E-state index contributed by atoms with van der Waals surface area (Å²) in [5.74, 6) is 0.528. The molecule has 1 N–H and O–H groups in total. The van der Waals surface area contributed by atoms with E-state index in [9.17, 15) is 4.79 Å². The summed E-state index contributed by atoms with van der Waals surface area (Å²) >= 11 is 6.23. The first kappa shape index (κ1) is 25.3. The number of para-hydroxylation sites is 1. The summed E-state index contributed by atoms with van der Waals surface area (Å²) in [6.07, 6.45) is 3.33. The van der Waals surface area contributed by atoms with Gasteiger partial charge < -0.3 is 10.1 Å². The third-order valence-electron chi connectivity index (χ3n) is 6.59. The van der Waals surface area contributed by atoms with Gasteiger partial charge in [0.1, 0.15) is 12.4 Å². The molecule has 0 aliphatic heterocycles. The van der Waals surface area contributed by atoms with Crippen molar-refractivity contribution >= 4 is 28.4 Å². The molecule has 6 rings (SSSR count). The minimum absolute atomic E-state index is 0.230. The summed E-state index contributed by atoms with van der Waals surface area (Å²) < 4.78 is 7.54. The molecule has 0 radical (unpaired) electrons. The monoisotopic (exact) mass is 544 g/mol. The summed E-state index contributed by atoms with van der Waals surface area (Å²) in [6.45, 7) is 0.697. The smallest absolute Gasteiger partial charge is 0.255 e. The number of nitrogens with one attached hydrogen (secondary N) is 1. The zero-order valence-electron chi connectivity index (χ0n) is 21.5. The van der Waals surface area contributed by atoms with Crippen LogP contribution in [0, 0.1) is 0 Å². The van der Waals surface area contributed by atoms with Gasteiger partial charge in [0.05, 0.1) is 35.2 Å². The number of amides is 1. The molecule has 196 valence electrons. The summed E-state index contributed by atoms with van der Waals surface area (Å²) in [4.78, 5) is 17.9. The molecule has 0 unspecified atom stereocenters. The SMILES string of the molecule is O=C(NCCOc1ccccc1)c1cnn(-c2ccnc3cc(Cl)ccc23)c1-c1ccc(-c2ccccc2)cc1. The number of pyridine rings is 1. The van der Waals surface area contributed by atoms with E-state index in [1.165, 1.54) is 0 Å². The lowest BCUT2D eigenvalue weighted by Gasteiger charge is -2.13. The van der Waals surface area contributed by atoms with E-state index in [1.54, 1.807) is 17.1 Å². The van der Waals surface area contributed by atoms with Gasteiger partial charge in [-0.15, -0.1) is 0 Å². The zero-order chi connectivity index (χ0) is 27.3. The van der Waals surface area contributed by atoms with Gasteiger partial charge in [-0.3, -0.25) is 9.78 Å². The Labute approximate surface area is 236 Å². The Morgan fingerprint density at radius 3 is 2.30 bits per heavy atom. The number of rotatable bonds is 8. The highest BCUT2D eigenvalue weighted by atomic mass is 35.5. The van der Waals surface area contributed by atoms with Gasteiger partial charge in [0.15, 0.2) is 0 Å². The van der Waals surface area contributed by atoms with E-state index in [4.69, 9.17) is 16.3 Å². The lowest BCUT2D eigenvalue weighted by Crippen LogP contribution is -2.28. The molecule has 40 heavy (non-hydrogen) atoms. The van der Waals surface area contributed by atoms with Gasteiger partial charge in [0.2, 0.25) is 0 Å². The van der Waals surface area contributed by atoms with Crippen LogP contribution in [0.4, 0.5) is 0 Å². The lowest BCUT2D eigenvalue weighted by atomic mass is 10.0. The number of benzene rings is 4. The number of ether oxygens (including phenoxy) is 1. The Morgan fingerprint density at radius 2 is 1.52 bits per heavy atom. The first-order valence-corrected chi connectivity index (χ1v) is 13.3. The molecule has 0 spiro atoms. The first-order chi connectivity index (χ1) is 19.7. The van der Waals surface area contributed by atoms with Crippen molar-refractivity contribution in [1.29, 1.82) is 0 Å². The van der Waals surface area contributed by atoms with Crippen LogP contribution in [0.2, 0.25) is 5.02 Å². The van der Waals surface area contributed by atoms with Gasteiger partial charge >= 0.3 is 0 Å². The van der Waals surface area contributed by atoms with Crippen molar-refractivity contribution in [2.75, 3.05) is 13.2 Å². The van der Waals surface area contributed by atoms with Crippen LogP contribution in [-0.2, 0) is 0 Å². The molecule has 6 aromatic rings. The van der Waals surface area contributed by atoms with Crippen LogP contribution in [0.5, 0.6) is 5.75 Å². The van der Waals surface area contributed by atoms with E-state index in [2.05, 4.69) is 39.7 Å². The number of carbonyl (C=O) groups is 1.